The minimum absolute atomic E-state index is 0.00503. The van der Waals surface area contributed by atoms with E-state index in [-0.39, 0.29) is 11.7 Å². The second-order valence-corrected chi connectivity index (χ2v) is 5.59. The highest BCUT2D eigenvalue weighted by Gasteiger charge is 2.14. The van der Waals surface area contributed by atoms with Crippen LogP contribution in [0, 0.1) is 0 Å². The van der Waals surface area contributed by atoms with Crippen LogP contribution < -0.4 is 10.2 Å². The van der Waals surface area contributed by atoms with Crippen molar-refractivity contribution in [1.29, 1.82) is 0 Å². The van der Waals surface area contributed by atoms with E-state index in [2.05, 4.69) is 27.4 Å². The van der Waals surface area contributed by atoms with Gasteiger partial charge in [-0.3, -0.25) is 4.79 Å². The summed E-state index contributed by atoms with van der Waals surface area (Å²) in [5, 5.41) is 13.8. The summed E-state index contributed by atoms with van der Waals surface area (Å²) in [7, 11) is 3.59. The molecule has 1 saturated heterocycles. The van der Waals surface area contributed by atoms with Gasteiger partial charge in [-0.1, -0.05) is 6.07 Å². The van der Waals surface area contributed by atoms with Crippen molar-refractivity contribution in [2.24, 2.45) is 5.10 Å². The molecule has 0 unspecified atom stereocenters. The lowest BCUT2D eigenvalue weighted by molar-refractivity contribution is -0.121. The molecule has 0 aromatic heterocycles. The Morgan fingerprint density at radius 1 is 1.39 bits per heavy atom. The number of aromatic hydroxyl groups is 1. The van der Waals surface area contributed by atoms with Crippen molar-refractivity contribution in [3.05, 3.63) is 23.8 Å². The van der Waals surface area contributed by atoms with Crippen LogP contribution in [0.2, 0.25) is 0 Å². The van der Waals surface area contributed by atoms with Gasteiger partial charge < -0.3 is 19.6 Å². The second kappa shape index (κ2) is 8.50. The number of carbonyl (C=O) groups excluding carboxylic acids is 1. The molecule has 1 aliphatic heterocycles. The van der Waals surface area contributed by atoms with Crippen molar-refractivity contribution in [1.82, 2.24) is 15.2 Å². The predicted octanol–water partition coefficient (Wildman–Crippen LogP) is 0.488. The Kier molecular flexibility index (Phi) is 6.37. The molecule has 2 N–H and O–H groups in total. The third-order valence-electron chi connectivity index (χ3n) is 3.89. The van der Waals surface area contributed by atoms with Crippen molar-refractivity contribution in [3.8, 4) is 11.5 Å². The number of amides is 1. The van der Waals surface area contributed by atoms with E-state index in [9.17, 15) is 9.90 Å². The van der Waals surface area contributed by atoms with Gasteiger partial charge in [0.15, 0.2) is 11.5 Å². The molecule has 126 valence electrons. The lowest BCUT2D eigenvalue weighted by Crippen LogP contribution is -2.45. The van der Waals surface area contributed by atoms with Crippen molar-refractivity contribution >= 4 is 12.1 Å². The zero-order chi connectivity index (χ0) is 16.7. The normalized spacial score (nSPS) is 16.6. The Bertz CT molecular complexity index is 554. The van der Waals surface area contributed by atoms with Crippen LogP contribution in [-0.4, -0.2) is 73.9 Å². The molecule has 0 radical (unpaired) electrons. The number of phenols is 1. The van der Waals surface area contributed by atoms with Gasteiger partial charge in [0.1, 0.15) is 0 Å². The first kappa shape index (κ1) is 17.2. The zero-order valence-corrected chi connectivity index (χ0v) is 13.7. The number of hydrazone groups is 1. The number of piperazine rings is 1. The summed E-state index contributed by atoms with van der Waals surface area (Å²) in [6.07, 6.45) is 1.82. The van der Waals surface area contributed by atoms with E-state index in [1.807, 2.05) is 0 Å². The first-order valence-corrected chi connectivity index (χ1v) is 7.69. The monoisotopic (exact) mass is 320 g/mol. The van der Waals surface area contributed by atoms with E-state index in [1.165, 1.54) is 13.3 Å². The van der Waals surface area contributed by atoms with E-state index >= 15 is 0 Å². The van der Waals surface area contributed by atoms with E-state index in [0.717, 1.165) is 32.7 Å². The average molecular weight is 320 g/mol. The largest absolute Gasteiger partial charge is 0.504 e. The first-order chi connectivity index (χ1) is 11.1. The number of nitrogens with one attached hydrogen (secondary N) is 1. The fourth-order valence-corrected chi connectivity index (χ4v) is 2.37. The van der Waals surface area contributed by atoms with Gasteiger partial charge in [-0.05, 0) is 19.2 Å². The number of benzene rings is 1. The van der Waals surface area contributed by atoms with E-state index < -0.39 is 0 Å². The number of hydrogen-bond acceptors (Lipinski definition) is 6. The smallest absolute Gasteiger partial charge is 0.241 e. The summed E-state index contributed by atoms with van der Waals surface area (Å²) >= 11 is 0. The number of methoxy groups -OCH3 is 1. The van der Waals surface area contributed by atoms with Crippen molar-refractivity contribution < 1.29 is 14.6 Å². The molecule has 0 bridgehead atoms. The van der Waals surface area contributed by atoms with Gasteiger partial charge in [0.2, 0.25) is 5.91 Å². The Labute approximate surface area is 136 Å². The molecule has 1 aromatic rings. The topological polar surface area (TPSA) is 77.4 Å². The van der Waals surface area contributed by atoms with Crippen LogP contribution in [-0.2, 0) is 4.79 Å². The molecule has 0 saturated carbocycles. The van der Waals surface area contributed by atoms with Gasteiger partial charge in [-0.25, -0.2) is 5.43 Å². The number of para-hydroxylation sites is 1. The van der Waals surface area contributed by atoms with Crippen LogP contribution in [0.3, 0.4) is 0 Å². The highest BCUT2D eigenvalue weighted by Crippen LogP contribution is 2.27. The fourth-order valence-electron chi connectivity index (χ4n) is 2.37. The highest BCUT2D eigenvalue weighted by molar-refractivity contribution is 5.86. The van der Waals surface area contributed by atoms with Gasteiger partial charge in [0, 0.05) is 44.7 Å². The van der Waals surface area contributed by atoms with Gasteiger partial charge in [0.05, 0.1) is 13.3 Å². The zero-order valence-electron chi connectivity index (χ0n) is 13.7. The lowest BCUT2D eigenvalue weighted by Gasteiger charge is -2.32. The Morgan fingerprint density at radius 2 is 2.13 bits per heavy atom. The van der Waals surface area contributed by atoms with Gasteiger partial charge in [-0.2, -0.15) is 5.10 Å². The van der Waals surface area contributed by atoms with E-state index in [0.29, 0.717) is 17.7 Å². The molecule has 1 aliphatic rings. The molecule has 23 heavy (non-hydrogen) atoms. The number of nitrogens with zero attached hydrogens (tertiary/aromatic N) is 3. The maximum absolute atomic E-state index is 11.8. The Hall–Kier alpha value is -2.12. The molecular formula is C16H24N4O3. The summed E-state index contributed by atoms with van der Waals surface area (Å²) in [6, 6.07) is 5.09. The average Bonchev–Trinajstić information content (AvgIpc) is 2.56. The lowest BCUT2D eigenvalue weighted by atomic mass is 10.2. The molecule has 1 aromatic carbocycles. The molecule has 0 spiro atoms. The molecule has 0 aliphatic carbocycles. The minimum atomic E-state index is -0.137. The van der Waals surface area contributed by atoms with Crippen LogP contribution >= 0.6 is 0 Å². The van der Waals surface area contributed by atoms with Crippen molar-refractivity contribution in [2.75, 3.05) is 46.9 Å². The fraction of sp³-hybridized carbons (Fsp3) is 0.500. The van der Waals surface area contributed by atoms with Crippen LogP contribution in [0.4, 0.5) is 0 Å². The molecule has 1 heterocycles. The Balaban J connectivity index is 1.76. The third-order valence-corrected chi connectivity index (χ3v) is 3.89. The number of hydrogen-bond donors (Lipinski definition) is 2. The number of likely N-dealkylation sites (N-methyl/N-ethyl adjacent to an activating group) is 1. The molecule has 0 atom stereocenters. The number of carbonyl (C=O) groups is 1. The van der Waals surface area contributed by atoms with Gasteiger partial charge >= 0.3 is 0 Å². The van der Waals surface area contributed by atoms with Crippen molar-refractivity contribution in [2.45, 2.75) is 6.42 Å². The predicted molar refractivity (Wildman–Crippen MR) is 88.9 cm³/mol. The van der Waals surface area contributed by atoms with Crippen LogP contribution in [0.15, 0.2) is 23.3 Å². The first-order valence-electron chi connectivity index (χ1n) is 7.69. The molecular weight excluding hydrogens is 296 g/mol. The van der Waals surface area contributed by atoms with Crippen LogP contribution in [0.5, 0.6) is 11.5 Å². The van der Waals surface area contributed by atoms with E-state index in [1.54, 1.807) is 18.2 Å². The summed E-state index contributed by atoms with van der Waals surface area (Å²) < 4.78 is 5.02. The summed E-state index contributed by atoms with van der Waals surface area (Å²) in [5.74, 6) is 0.239. The highest BCUT2D eigenvalue weighted by atomic mass is 16.5. The quantitative estimate of drug-likeness (QED) is 0.589. The molecule has 1 amide bonds. The number of rotatable bonds is 6. The van der Waals surface area contributed by atoms with Crippen LogP contribution in [0.1, 0.15) is 12.0 Å². The summed E-state index contributed by atoms with van der Waals surface area (Å²) in [4.78, 5) is 16.4. The maximum Gasteiger partial charge on any atom is 0.241 e. The summed E-state index contributed by atoms with van der Waals surface area (Å²) in [6.45, 7) is 4.79. The van der Waals surface area contributed by atoms with Gasteiger partial charge in [-0.15, -0.1) is 0 Å². The van der Waals surface area contributed by atoms with E-state index in [4.69, 9.17) is 4.74 Å². The third kappa shape index (κ3) is 5.22. The molecule has 1 fully saturated rings. The number of phenolic OH excluding ortho intramolecular Hbond substituents is 1. The van der Waals surface area contributed by atoms with Crippen LogP contribution in [0.25, 0.3) is 0 Å². The maximum atomic E-state index is 11.8. The Morgan fingerprint density at radius 3 is 2.83 bits per heavy atom. The molecule has 7 heteroatoms. The standard InChI is InChI=1S/C16H24N4O3/c1-19-8-10-20(11-9-19)7-6-15(21)18-17-12-13-4-3-5-14(23-2)16(13)22/h3-5,12,22H,6-11H2,1-2H3,(H,18,21)/b17-12-. The molecule has 7 nitrogen and oxygen atoms in total. The minimum Gasteiger partial charge on any atom is -0.504 e. The van der Waals surface area contributed by atoms with Crippen molar-refractivity contribution in [3.63, 3.8) is 0 Å². The number of ether oxygens (including phenoxy) is 1. The summed E-state index contributed by atoms with van der Waals surface area (Å²) in [5.41, 5.74) is 2.98. The van der Waals surface area contributed by atoms with Gasteiger partial charge in [0.25, 0.3) is 0 Å². The second-order valence-electron chi connectivity index (χ2n) is 5.59. The molecule has 2 rings (SSSR count). The SMILES string of the molecule is COc1cccc(/C=N\NC(=O)CCN2CCN(C)CC2)c1O.